The molecule has 2 aromatic rings. The third-order valence-corrected chi connectivity index (χ3v) is 5.71. The van der Waals surface area contributed by atoms with Crippen LogP contribution in [0.25, 0.3) is 0 Å². The number of benzene rings is 2. The summed E-state index contributed by atoms with van der Waals surface area (Å²) in [6, 6.07) is 16.8. The Hall–Kier alpha value is -2.29. The normalized spacial score (nSPS) is 25.3. The summed E-state index contributed by atoms with van der Waals surface area (Å²) in [5, 5.41) is 0. The molecule has 24 heavy (non-hydrogen) atoms. The summed E-state index contributed by atoms with van der Waals surface area (Å²) in [5.74, 6) is 1.09. The molecule has 1 fully saturated rings. The lowest BCUT2D eigenvalue weighted by molar-refractivity contribution is -0.143. The summed E-state index contributed by atoms with van der Waals surface area (Å²) < 4.78 is 5.41. The molecule has 2 atom stereocenters. The minimum atomic E-state index is -0.439. The molecule has 0 radical (unpaired) electrons. The smallest absolute Gasteiger partial charge is 0.233 e. The molecule has 1 saturated heterocycles. The standard InChI is InChI=1S/C21H23NO2/c1-21-11-10-17(12-16-8-9-18(24-2)13-19(16)21)22(20(21)23)14-15-6-4-3-5-7-15/h3-9,13,17H,10-12,14H2,1-2H3. The van der Waals surface area contributed by atoms with Crippen LogP contribution in [0.1, 0.15) is 36.5 Å². The highest BCUT2D eigenvalue weighted by molar-refractivity contribution is 5.90. The molecule has 2 heterocycles. The van der Waals surface area contributed by atoms with Gasteiger partial charge in [-0.15, -0.1) is 0 Å². The Labute approximate surface area is 143 Å². The summed E-state index contributed by atoms with van der Waals surface area (Å²) in [6.07, 6.45) is 2.92. The lowest BCUT2D eigenvalue weighted by Crippen LogP contribution is -2.52. The second-order valence-electron chi connectivity index (χ2n) is 7.17. The molecule has 2 bridgehead atoms. The number of carbonyl (C=O) groups excluding carboxylic acids is 1. The van der Waals surface area contributed by atoms with E-state index in [9.17, 15) is 4.79 Å². The maximum atomic E-state index is 13.4. The molecule has 0 N–H and O–H groups in total. The third-order valence-electron chi connectivity index (χ3n) is 5.71. The van der Waals surface area contributed by atoms with Crippen molar-refractivity contribution in [3.8, 4) is 5.75 Å². The highest BCUT2D eigenvalue weighted by Gasteiger charge is 2.48. The Bertz CT molecular complexity index is 771. The summed E-state index contributed by atoms with van der Waals surface area (Å²) in [4.78, 5) is 15.5. The van der Waals surface area contributed by atoms with Gasteiger partial charge in [-0.1, -0.05) is 36.4 Å². The van der Waals surface area contributed by atoms with Crippen LogP contribution < -0.4 is 4.74 Å². The average Bonchev–Trinajstić information content (AvgIpc) is 2.81. The Morgan fingerprint density at radius 3 is 2.75 bits per heavy atom. The van der Waals surface area contributed by atoms with Gasteiger partial charge in [-0.3, -0.25) is 4.79 Å². The van der Waals surface area contributed by atoms with Crippen LogP contribution in [0, 0.1) is 0 Å². The zero-order valence-corrected chi connectivity index (χ0v) is 14.3. The molecule has 3 nitrogen and oxygen atoms in total. The second kappa shape index (κ2) is 5.66. The van der Waals surface area contributed by atoms with Crippen molar-refractivity contribution in [3.63, 3.8) is 0 Å². The van der Waals surface area contributed by atoms with Gasteiger partial charge in [-0.2, -0.15) is 0 Å². The maximum Gasteiger partial charge on any atom is 0.233 e. The SMILES string of the molecule is COc1ccc2c(c1)C1(C)CCC(C2)N(Cc2ccccc2)C1=O. The van der Waals surface area contributed by atoms with Crippen molar-refractivity contribution < 1.29 is 9.53 Å². The number of rotatable bonds is 3. The van der Waals surface area contributed by atoms with Gasteiger partial charge >= 0.3 is 0 Å². The molecule has 5 rings (SSSR count). The summed E-state index contributed by atoms with van der Waals surface area (Å²) in [7, 11) is 1.68. The number of hydrogen-bond donors (Lipinski definition) is 0. The molecule has 0 aromatic heterocycles. The third kappa shape index (κ3) is 2.31. The molecule has 2 aromatic carbocycles. The molecular weight excluding hydrogens is 298 g/mol. The summed E-state index contributed by atoms with van der Waals surface area (Å²) in [5.41, 5.74) is 3.21. The highest BCUT2D eigenvalue weighted by atomic mass is 16.5. The molecule has 124 valence electrons. The summed E-state index contributed by atoms with van der Waals surface area (Å²) >= 11 is 0. The molecule has 3 aliphatic rings. The fraction of sp³-hybridized carbons (Fsp3) is 0.381. The van der Waals surface area contributed by atoms with Crippen molar-refractivity contribution in [1.29, 1.82) is 0 Å². The monoisotopic (exact) mass is 321 g/mol. The van der Waals surface area contributed by atoms with Crippen molar-refractivity contribution in [2.45, 2.75) is 44.2 Å². The molecule has 0 spiro atoms. The summed E-state index contributed by atoms with van der Waals surface area (Å²) in [6.45, 7) is 2.80. The van der Waals surface area contributed by atoms with E-state index in [1.165, 1.54) is 11.1 Å². The first-order chi connectivity index (χ1) is 11.6. The first-order valence-corrected chi connectivity index (χ1v) is 8.64. The van der Waals surface area contributed by atoms with Gasteiger partial charge < -0.3 is 9.64 Å². The minimum absolute atomic E-state index is 0.259. The second-order valence-corrected chi connectivity index (χ2v) is 7.17. The van der Waals surface area contributed by atoms with Crippen molar-refractivity contribution in [3.05, 3.63) is 65.2 Å². The van der Waals surface area contributed by atoms with Crippen LogP contribution in [-0.4, -0.2) is 24.0 Å². The molecule has 2 aliphatic heterocycles. The van der Waals surface area contributed by atoms with E-state index in [2.05, 4.69) is 36.1 Å². The van der Waals surface area contributed by atoms with Crippen LogP contribution in [0.2, 0.25) is 0 Å². The molecular formula is C21H23NO2. The quantitative estimate of drug-likeness (QED) is 0.863. The van der Waals surface area contributed by atoms with Crippen LogP contribution in [0.15, 0.2) is 48.5 Å². The zero-order valence-electron chi connectivity index (χ0n) is 14.3. The largest absolute Gasteiger partial charge is 0.497 e. The lowest BCUT2D eigenvalue weighted by Gasteiger charge is -2.42. The average molecular weight is 321 g/mol. The van der Waals surface area contributed by atoms with Gasteiger partial charge in [-0.05, 0) is 55.0 Å². The maximum absolute atomic E-state index is 13.4. The number of hydrogen-bond acceptors (Lipinski definition) is 2. The first-order valence-electron chi connectivity index (χ1n) is 8.64. The molecule has 1 amide bonds. The van der Waals surface area contributed by atoms with E-state index in [-0.39, 0.29) is 5.91 Å². The van der Waals surface area contributed by atoms with Gasteiger partial charge in [0.1, 0.15) is 5.75 Å². The van der Waals surface area contributed by atoms with Crippen LogP contribution in [-0.2, 0) is 23.2 Å². The topological polar surface area (TPSA) is 29.5 Å². The van der Waals surface area contributed by atoms with E-state index in [1.807, 2.05) is 24.3 Å². The molecule has 1 aliphatic carbocycles. The van der Waals surface area contributed by atoms with Gasteiger partial charge in [0, 0.05) is 12.6 Å². The van der Waals surface area contributed by atoms with E-state index in [0.29, 0.717) is 12.6 Å². The Kier molecular flexibility index (Phi) is 3.60. The van der Waals surface area contributed by atoms with Crippen LogP contribution >= 0.6 is 0 Å². The van der Waals surface area contributed by atoms with Crippen molar-refractivity contribution in [2.75, 3.05) is 7.11 Å². The van der Waals surface area contributed by atoms with Crippen LogP contribution in [0.5, 0.6) is 5.75 Å². The van der Waals surface area contributed by atoms with Gasteiger partial charge in [0.25, 0.3) is 0 Å². The number of methoxy groups -OCH3 is 1. The van der Waals surface area contributed by atoms with Gasteiger partial charge in [0.15, 0.2) is 0 Å². The Morgan fingerprint density at radius 2 is 2.00 bits per heavy atom. The number of ether oxygens (including phenoxy) is 1. The van der Waals surface area contributed by atoms with Crippen molar-refractivity contribution >= 4 is 5.91 Å². The zero-order chi connectivity index (χ0) is 16.7. The van der Waals surface area contributed by atoms with E-state index in [1.54, 1.807) is 7.11 Å². The first kappa shape index (κ1) is 15.3. The predicted molar refractivity (Wildman–Crippen MR) is 94.1 cm³/mol. The van der Waals surface area contributed by atoms with E-state index in [0.717, 1.165) is 30.6 Å². The fourth-order valence-electron chi connectivity index (χ4n) is 4.27. The molecule has 3 heteroatoms. The Morgan fingerprint density at radius 1 is 1.21 bits per heavy atom. The van der Waals surface area contributed by atoms with Crippen molar-refractivity contribution in [1.82, 2.24) is 4.90 Å². The van der Waals surface area contributed by atoms with Crippen molar-refractivity contribution in [2.24, 2.45) is 0 Å². The number of piperidine rings is 1. The Balaban J connectivity index is 1.75. The van der Waals surface area contributed by atoms with Crippen LogP contribution in [0.4, 0.5) is 0 Å². The predicted octanol–water partition coefficient (Wildman–Crippen LogP) is 3.70. The van der Waals surface area contributed by atoms with E-state index in [4.69, 9.17) is 4.74 Å². The van der Waals surface area contributed by atoms with Gasteiger partial charge in [0.2, 0.25) is 5.91 Å². The number of carbonyl (C=O) groups is 1. The number of nitrogens with zero attached hydrogens (tertiary/aromatic N) is 1. The van der Waals surface area contributed by atoms with E-state index >= 15 is 0 Å². The number of amides is 1. The van der Waals surface area contributed by atoms with E-state index < -0.39 is 5.41 Å². The van der Waals surface area contributed by atoms with Gasteiger partial charge in [-0.25, -0.2) is 0 Å². The lowest BCUT2D eigenvalue weighted by atomic mass is 9.75. The fourth-order valence-corrected chi connectivity index (χ4v) is 4.27. The number of fused-ring (bicyclic) bond motifs is 2. The van der Waals surface area contributed by atoms with Crippen LogP contribution in [0.3, 0.4) is 0 Å². The van der Waals surface area contributed by atoms with Gasteiger partial charge in [0.05, 0.1) is 12.5 Å². The molecule has 0 saturated carbocycles. The minimum Gasteiger partial charge on any atom is -0.497 e. The molecule has 2 unspecified atom stereocenters. The highest BCUT2D eigenvalue weighted by Crippen LogP contribution is 2.45.